The van der Waals surface area contributed by atoms with Gasteiger partial charge in [-0.1, -0.05) is 57.2 Å². The van der Waals surface area contributed by atoms with Crippen molar-refractivity contribution in [2.45, 2.75) is 58.8 Å². The minimum absolute atomic E-state index is 0.0701. The lowest BCUT2D eigenvalue weighted by atomic mass is 9.83. The summed E-state index contributed by atoms with van der Waals surface area (Å²) in [4.78, 5) is 27.9. The van der Waals surface area contributed by atoms with Crippen molar-refractivity contribution < 1.29 is 14.3 Å². The normalized spacial score (nSPS) is 11.3. The van der Waals surface area contributed by atoms with Crippen molar-refractivity contribution in [1.82, 2.24) is 4.90 Å². The summed E-state index contributed by atoms with van der Waals surface area (Å²) in [6.45, 7) is 15.3. The quantitative estimate of drug-likeness (QED) is 0.534. The maximum absolute atomic E-state index is 12.9. The molecule has 0 aromatic heterocycles. The summed E-state index contributed by atoms with van der Waals surface area (Å²) in [6, 6.07) is 11.2. The summed E-state index contributed by atoms with van der Waals surface area (Å²) in [5, 5.41) is -0.0701. The Bertz CT molecular complexity index is 881. The Morgan fingerprint density at radius 3 is 2.14 bits per heavy atom. The van der Waals surface area contributed by atoms with E-state index in [-0.39, 0.29) is 10.5 Å². The predicted molar refractivity (Wildman–Crippen MR) is 120 cm³/mol. The Hall–Kier alpha value is -2.27. The van der Waals surface area contributed by atoms with Crippen molar-refractivity contribution in [1.29, 1.82) is 0 Å². The first-order valence-electron chi connectivity index (χ1n) is 9.98. The third-order valence-electron chi connectivity index (χ3n) is 4.89. The van der Waals surface area contributed by atoms with Crippen molar-refractivity contribution >= 4 is 23.0 Å². The molecule has 0 unspecified atom stereocenters. The van der Waals surface area contributed by atoms with Gasteiger partial charge in [0, 0.05) is 18.7 Å². The second-order valence-electron chi connectivity index (χ2n) is 8.07. The van der Waals surface area contributed by atoms with Crippen molar-refractivity contribution in [3.63, 3.8) is 0 Å². The van der Waals surface area contributed by atoms with Crippen molar-refractivity contribution in [2.24, 2.45) is 0 Å². The molecule has 2 rings (SSSR count). The number of hydrogen-bond donors (Lipinski definition) is 0. The summed E-state index contributed by atoms with van der Waals surface area (Å²) in [5.41, 5.74) is 3.49. The second kappa shape index (κ2) is 9.49. The Kier molecular flexibility index (Phi) is 7.53. The Morgan fingerprint density at radius 2 is 1.62 bits per heavy atom. The maximum atomic E-state index is 12.9. The van der Waals surface area contributed by atoms with Gasteiger partial charge in [0.1, 0.15) is 5.75 Å². The smallest absolute Gasteiger partial charge is 0.409 e. The zero-order valence-corrected chi connectivity index (χ0v) is 19.3. The van der Waals surface area contributed by atoms with Gasteiger partial charge in [-0.3, -0.25) is 4.79 Å². The molecule has 0 spiro atoms. The summed E-state index contributed by atoms with van der Waals surface area (Å²) in [7, 11) is 0. The number of carbonyl (C=O) groups excluding carboxylic acids is 2. The largest absolute Gasteiger partial charge is 0.415 e. The van der Waals surface area contributed by atoms with Gasteiger partial charge < -0.3 is 9.64 Å². The molecule has 0 bridgehead atoms. The van der Waals surface area contributed by atoms with E-state index in [4.69, 9.17) is 4.74 Å². The van der Waals surface area contributed by atoms with E-state index < -0.39 is 6.09 Å². The van der Waals surface area contributed by atoms with Gasteiger partial charge in [-0.25, -0.2) is 4.79 Å². The summed E-state index contributed by atoms with van der Waals surface area (Å²) in [6.07, 6.45) is -0.394. The molecule has 0 radical (unpaired) electrons. The third-order valence-corrected chi connectivity index (χ3v) is 6.01. The van der Waals surface area contributed by atoms with Gasteiger partial charge in [0.2, 0.25) is 5.12 Å². The number of thioether (sulfide) groups is 1. The highest BCUT2D eigenvalue weighted by Gasteiger charge is 2.26. The molecule has 0 saturated carbocycles. The van der Waals surface area contributed by atoms with E-state index in [0.29, 0.717) is 29.3 Å². The van der Waals surface area contributed by atoms with Crippen LogP contribution in [-0.2, 0) is 5.41 Å². The van der Waals surface area contributed by atoms with Crippen LogP contribution in [0.5, 0.6) is 5.75 Å². The van der Waals surface area contributed by atoms with Crippen LogP contribution in [0.4, 0.5) is 4.79 Å². The summed E-state index contributed by atoms with van der Waals surface area (Å²) >= 11 is 1.13. The van der Waals surface area contributed by atoms with Crippen LogP contribution in [0.2, 0.25) is 0 Å². The summed E-state index contributed by atoms with van der Waals surface area (Å²) < 4.78 is 5.82. The third kappa shape index (κ3) is 5.41. The zero-order chi connectivity index (χ0) is 21.8. The van der Waals surface area contributed by atoms with Gasteiger partial charge in [-0.15, -0.1) is 0 Å². The number of rotatable bonds is 5. The average molecular weight is 414 g/mol. The van der Waals surface area contributed by atoms with E-state index in [2.05, 4.69) is 26.8 Å². The van der Waals surface area contributed by atoms with Crippen molar-refractivity contribution in [3.05, 3.63) is 58.7 Å². The Morgan fingerprint density at radius 1 is 1.03 bits per heavy atom. The molecule has 0 aliphatic rings. The first kappa shape index (κ1) is 23.0. The fourth-order valence-electron chi connectivity index (χ4n) is 3.25. The summed E-state index contributed by atoms with van der Waals surface area (Å²) in [5.74, 6) is 0.474. The van der Waals surface area contributed by atoms with Crippen molar-refractivity contribution in [3.8, 4) is 5.75 Å². The van der Waals surface area contributed by atoms with E-state index >= 15 is 0 Å². The number of benzene rings is 2. The lowest BCUT2D eigenvalue weighted by Gasteiger charge is -2.27. The molecule has 0 fully saturated rings. The standard InChI is InChI=1S/C24H31NO3S/c1-8-25(9-2)23(27)28-20-16(3)15-19(24(5,6)7)17(4)21(20)29-22(26)18-13-11-10-12-14-18/h10-15H,8-9H2,1-7H3. The average Bonchev–Trinajstić information content (AvgIpc) is 2.67. The van der Waals surface area contributed by atoms with Crippen LogP contribution >= 0.6 is 11.8 Å². The van der Waals surface area contributed by atoms with E-state index in [1.54, 1.807) is 17.0 Å². The van der Waals surface area contributed by atoms with Crippen LogP contribution < -0.4 is 4.74 Å². The minimum Gasteiger partial charge on any atom is -0.409 e. The van der Waals surface area contributed by atoms with Gasteiger partial charge in [0.05, 0.1) is 4.90 Å². The van der Waals surface area contributed by atoms with Gasteiger partial charge in [0.15, 0.2) is 0 Å². The molecule has 0 saturated heterocycles. The first-order chi connectivity index (χ1) is 13.6. The molecule has 4 nitrogen and oxygen atoms in total. The van der Waals surface area contributed by atoms with Crippen molar-refractivity contribution in [2.75, 3.05) is 13.1 Å². The lowest BCUT2D eigenvalue weighted by Crippen LogP contribution is -2.33. The first-order valence-corrected chi connectivity index (χ1v) is 10.8. The number of carbonyl (C=O) groups is 2. The van der Waals surface area contributed by atoms with Crippen LogP contribution in [0.3, 0.4) is 0 Å². The Labute approximate surface area is 178 Å². The molecule has 29 heavy (non-hydrogen) atoms. The molecular weight excluding hydrogens is 382 g/mol. The monoisotopic (exact) mass is 413 g/mol. The molecule has 0 atom stereocenters. The molecule has 156 valence electrons. The highest BCUT2D eigenvalue weighted by atomic mass is 32.2. The minimum atomic E-state index is -0.394. The van der Waals surface area contributed by atoms with Gasteiger partial charge in [-0.05, 0) is 61.6 Å². The Balaban J connectivity index is 2.55. The number of aryl methyl sites for hydroxylation is 1. The van der Waals surface area contributed by atoms with Crippen LogP contribution in [0, 0.1) is 13.8 Å². The highest BCUT2D eigenvalue weighted by molar-refractivity contribution is 8.14. The lowest BCUT2D eigenvalue weighted by molar-refractivity contribution is 0.108. The zero-order valence-electron chi connectivity index (χ0n) is 18.5. The molecular formula is C24H31NO3S. The fraction of sp³-hybridized carbons (Fsp3) is 0.417. The van der Waals surface area contributed by atoms with Gasteiger partial charge in [-0.2, -0.15) is 0 Å². The van der Waals surface area contributed by atoms with E-state index in [9.17, 15) is 9.59 Å². The maximum Gasteiger partial charge on any atom is 0.415 e. The van der Waals surface area contributed by atoms with Gasteiger partial charge in [0.25, 0.3) is 0 Å². The topological polar surface area (TPSA) is 46.6 Å². The van der Waals surface area contributed by atoms with Crippen LogP contribution in [0.25, 0.3) is 0 Å². The SMILES string of the molecule is CCN(CC)C(=O)Oc1c(C)cc(C(C)(C)C)c(C)c1SC(=O)c1ccccc1. The molecule has 5 heteroatoms. The van der Waals surface area contributed by atoms with E-state index in [0.717, 1.165) is 28.5 Å². The van der Waals surface area contributed by atoms with Crippen LogP contribution in [0.1, 0.15) is 61.7 Å². The number of hydrogen-bond acceptors (Lipinski definition) is 4. The van der Waals surface area contributed by atoms with Gasteiger partial charge >= 0.3 is 6.09 Å². The van der Waals surface area contributed by atoms with Crippen LogP contribution in [-0.4, -0.2) is 29.2 Å². The van der Waals surface area contributed by atoms with E-state index in [1.165, 1.54) is 0 Å². The van der Waals surface area contributed by atoms with E-state index in [1.807, 2.05) is 45.9 Å². The molecule has 0 aliphatic heterocycles. The number of amides is 1. The highest BCUT2D eigenvalue weighted by Crippen LogP contribution is 2.42. The molecule has 0 aliphatic carbocycles. The predicted octanol–water partition coefficient (Wildman–Crippen LogP) is 6.37. The second-order valence-corrected chi connectivity index (χ2v) is 9.05. The molecule has 0 N–H and O–H groups in total. The number of ether oxygens (including phenoxy) is 1. The molecule has 2 aromatic carbocycles. The molecule has 0 heterocycles. The molecule has 1 amide bonds. The molecule has 2 aromatic rings. The number of nitrogens with zero attached hydrogens (tertiary/aromatic N) is 1. The van der Waals surface area contributed by atoms with Crippen LogP contribution in [0.15, 0.2) is 41.3 Å². The fourth-order valence-corrected chi connectivity index (χ4v) is 4.25.